The van der Waals surface area contributed by atoms with Crippen molar-refractivity contribution in [2.24, 2.45) is 5.92 Å². The highest BCUT2D eigenvalue weighted by molar-refractivity contribution is 5.83. The summed E-state index contributed by atoms with van der Waals surface area (Å²) in [6, 6.07) is 14.0. The predicted octanol–water partition coefficient (Wildman–Crippen LogP) is 3.72. The summed E-state index contributed by atoms with van der Waals surface area (Å²) in [5.74, 6) is 1.01. The molecule has 1 N–H and O–H groups in total. The molecule has 3 rings (SSSR count). The number of hydrogen-bond donors (Lipinski definition) is 1. The van der Waals surface area contributed by atoms with Crippen LogP contribution in [-0.4, -0.2) is 19.6 Å². The van der Waals surface area contributed by atoms with E-state index in [2.05, 4.69) is 10.1 Å². The Hall–Kier alpha value is -2.63. The van der Waals surface area contributed by atoms with Gasteiger partial charge in [0, 0.05) is 12.5 Å². The van der Waals surface area contributed by atoms with E-state index in [0.717, 1.165) is 23.3 Å². The Bertz CT molecular complexity index is 734. The number of halogens is 2. The molecule has 2 aromatic carbocycles. The molecule has 0 heterocycles. The SMILES string of the molecule is COc1ccccc1[C@H]1C[C@H]1C(=O)NCc1ccc(OC(F)F)cc1. The van der Waals surface area contributed by atoms with Crippen LogP contribution in [0.3, 0.4) is 0 Å². The van der Waals surface area contributed by atoms with Gasteiger partial charge in [0.15, 0.2) is 0 Å². The van der Waals surface area contributed by atoms with Crippen molar-refractivity contribution in [3.63, 3.8) is 0 Å². The van der Waals surface area contributed by atoms with E-state index in [1.807, 2.05) is 24.3 Å². The second kappa shape index (κ2) is 7.51. The van der Waals surface area contributed by atoms with Gasteiger partial charge in [0.05, 0.1) is 7.11 Å². The number of methoxy groups -OCH3 is 1. The molecule has 0 aromatic heterocycles. The van der Waals surface area contributed by atoms with E-state index < -0.39 is 6.61 Å². The van der Waals surface area contributed by atoms with Crippen LogP contribution in [0.25, 0.3) is 0 Å². The van der Waals surface area contributed by atoms with Crippen molar-refractivity contribution >= 4 is 5.91 Å². The quantitative estimate of drug-likeness (QED) is 0.830. The van der Waals surface area contributed by atoms with Gasteiger partial charge in [-0.15, -0.1) is 0 Å². The zero-order valence-corrected chi connectivity index (χ0v) is 13.7. The normalized spacial score (nSPS) is 18.7. The first kappa shape index (κ1) is 17.2. The van der Waals surface area contributed by atoms with Crippen molar-refractivity contribution in [2.75, 3.05) is 7.11 Å². The van der Waals surface area contributed by atoms with E-state index >= 15 is 0 Å². The molecule has 1 amide bonds. The zero-order chi connectivity index (χ0) is 17.8. The van der Waals surface area contributed by atoms with Gasteiger partial charge in [0.2, 0.25) is 5.91 Å². The maximum Gasteiger partial charge on any atom is 0.387 e. The second-order valence-electron chi connectivity index (χ2n) is 5.93. The molecule has 0 unspecified atom stereocenters. The highest BCUT2D eigenvalue weighted by Gasteiger charge is 2.45. The number of alkyl halides is 2. The third-order valence-corrected chi connectivity index (χ3v) is 4.28. The topological polar surface area (TPSA) is 47.6 Å². The Balaban J connectivity index is 1.52. The number of benzene rings is 2. The smallest absolute Gasteiger partial charge is 0.387 e. The molecule has 0 radical (unpaired) electrons. The minimum absolute atomic E-state index is 0.0104. The molecule has 0 saturated heterocycles. The largest absolute Gasteiger partial charge is 0.496 e. The van der Waals surface area contributed by atoms with Crippen LogP contribution in [0.1, 0.15) is 23.5 Å². The van der Waals surface area contributed by atoms with Gasteiger partial charge < -0.3 is 14.8 Å². The van der Waals surface area contributed by atoms with Crippen LogP contribution in [0, 0.1) is 5.92 Å². The summed E-state index contributed by atoms with van der Waals surface area (Å²) in [6.07, 6.45) is 0.799. The van der Waals surface area contributed by atoms with Crippen molar-refractivity contribution in [1.82, 2.24) is 5.32 Å². The number of amides is 1. The fraction of sp³-hybridized carbons (Fsp3) is 0.316. The third kappa shape index (κ3) is 4.26. The summed E-state index contributed by atoms with van der Waals surface area (Å²) >= 11 is 0. The number of carbonyl (C=O) groups is 1. The fourth-order valence-electron chi connectivity index (χ4n) is 2.91. The molecule has 0 bridgehead atoms. The summed E-state index contributed by atoms with van der Waals surface area (Å²) < 4.78 is 33.9. The zero-order valence-electron chi connectivity index (χ0n) is 13.7. The van der Waals surface area contributed by atoms with Gasteiger partial charge in [-0.1, -0.05) is 30.3 Å². The Morgan fingerprint density at radius 3 is 2.60 bits per heavy atom. The van der Waals surface area contributed by atoms with Gasteiger partial charge in [-0.2, -0.15) is 8.78 Å². The molecule has 6 heteroatoms. The molecule has 0 aliphatic heterocycles. The number of carbonyl (C=O) groups excluding carboxylic acids is 1. The molecule has 132 valence electrons. The first-order valence-electron chi connectivity index (χ1n) is 8.03. The van der Waals surface area contributed by atoms with Crippen molar-refractivity contribution in [3.05, 3.63) is 59.7 Å². The summed E-state index contributed by atoms with van der Waals surface area (Å²) in [7, 11) is 1.62. The lowest BCUT2D eigenvalue weighted by Crippen LogP contribution is -2.24. The molecule has 25 heavy (non-hydrogen) atoms. The van der Waals surface area contributed by atoms with Crippen molar-refractivity contribution in [2.45, 2.75) is 25.5 Å². The van der Waals surface area contributed by atoms with E-state index in [0.29, 0.717) is 6.54 Å². The van der Waals surface area contributed by atoms with Gasteiger partial charge in [-0.3, -0.25) is 4.79 Å². The van der Waals surface area contributed by atoms with E-state index in [9.17, 15) is 13.6 Å². The lowest BCUT2D eigenvalue weighted by Gasteiger charge is -2.09. The standard InChI is InChI=1S/C19H19F2NO3/c1-24-17-5-3-2-4-14(17)15-10-16(15)18(23)22-11-12-6-8-13(9-7-12)25-19(20)21/h2-9,15-16,19H,10-11H2,1H3,(H,22,23)/t15-,16-/m1/s1. The van der Waals surface area contributed by atoms with Crippen LogP contribution in [0.4, 0.5) is 8.78 Å². The highest BCUT2D eigenvalue weighted by atomic mass is 19.3. The minimum atomic E-state index is -2.84. The van der Waals surface area contributed by atoms with Crippen LogP contribution in [-0.2, 0) is 11.3 Å². The Kier molecular flexibility index (Phi) is 5.16. The van der Waals surface area contributed by atoms with E-state index in [1.54, 1.807) is 19.2 Å². The fourth-order valence-corrected chi connectivity index (χ4v) is 2.91. The Morgan fingerprint density at radius 1 is 1.20 bits per heavy atom. The Labute approximate surface area is 144 Å². The third-order valence-electron chi connectivity index (χ3n) is 4.28. The first-order chi connectivity index (χ1) is 12.1. The minimum Gasteiger partial charge on any atom is -0.496 e. The van der Waals surface area contributed by atoms with Crippen LogP contribution < -0.4 is 14.8 Å². The first-order valence-corrected chi connectivity index (χ1v) is 8.03. The molecule has 1 aliphatic rings. The van der Waals surface area contributed by atoms with E-state index in [4.69, 9.17) is 4.74 Å². The molecule has 1 saturated carbocycles. The van der Waals surface area contributed by atoms with Crippen molar-refractivity contribution in [3.8, 4) is 11.5 Å². The van der Waals surface area contributed by atoms with Crippen molar-refractivity contribution in [1.29, 1.82) is 0 Å². The molecule has 2 atom stereocenters. The summed E-state index contributed by atoms with van der Waals surface area (Å²) in [4.78, 5) is 12.3. The summed E-state index contributed by atoms with van der Waals surface area (Å²) in [5, 5.41) is 2.89. The van der Waals surface area contributed by atoms with Gasteiger partial charge >= 0.3 is 6.61 Å². The number of rotatable bonds is 7. The number of hydrogen-bond acceptors (Lipinski definition) is 3. The average Bonchev–Trinajstić information content (AvgIpc) is 3.41. The summed E-state index contributed by atoms with van der Waals surface area (Å²) in [6.45, 7) is -2.49. The molecule has 2 aromatic rings. The average molecular weight is 347 g/mol. The highest BCUT2D eigenvalue weighted by Crippen LogP contribution is 2.50. The lowest BCUT2D eigenvalue weighted by atomic mass is 10.1. The number of nitrogens with one attached hydrogen (secondary N) is 1. The molecule has 0 spiro atoms. The van der Waals surface area contributed by atoms with Gasteiger partial charge in [0.25, 0.3) is 0 Å². The van der Waals surface area contributed by atoms with Crippen LogP contribution >= 0.6 is 0 Å². The molecular weight excluding hydrogens is 328 g/mol. The van der Waals surface area contributed by atoms with E-state index in [1.165, 1.54) is 12.1 Å². The van der Waals surface area contributed by atoms with Gasteiger partial charge in [-0.05, 0) is 41.7 Å². The van der Waals surface area contributed by atoms with Crippen LogP contribution in [0.2, 0.25) is 0 Å². The van der Waals surface area contributed by atoms with Gasteiger partial charge in [-0.25, -0.2) is 0 Å². The number of para-hydroxylation sites is 1. The molecule has 4 nitrogen and oxygen atoms in total. The van der Waals surface area contributed by atoms with Crippen molar-refractivity contribution < 1.29 is 23.0 Å². The lowest BCUT2D eigenvalue weighted by molar-refractivity contribution is -0.122. The molecular formula is C19H19F2NO3. The second-order valence-corrected chi connectivity index (χ2v) is 5.93. The maximum atomic E-state index is 12.3. The monoisotopic (exact) mass is 347 g/mol. The van der Waals surface area contributed by atoms with E-state index in [-0.39, 0.29) is 23.5 Å². The van der Waals surface area contributed by atoms with Gasteiger partial charge in [0.1, 0.15) is 11.5 Å². The predicted molar refractivity (Wildman–Crippen MR) is 88.8 cm³/mol. The maximum absolute atomic E-state index is 12.3. The van der Waals surface area contributed by atoms with Crippen LogP contribution in [0.5, 0.6) is 11.5 Å². The molecule has 1 aliphatic carbocycles. The summed E-state index contributed by atoms with van der Waals surface area (Å²) in [5.41, 5.74) is 1.88. The van der Waals surface area contributed by atoms with Crippen LogP contribution in [0.15, 0.2) is 48.5 Å². The number of ether oxygens (including phenoxy) is 2. The molecule has 1 fully saturated rings. The Morgan fingerprint density at radius 2 is 1.92 bits per heavy atom.